The van der Waals surface area contributed by atoms with Gasteiger partial charge in [-0.2, -0.15) is 0 Å². The van der Waals surface area contributed by atoms with Gasteiger partial charge in [0, 0.05) is 4.47 Å². The van der Waals surface area contributed by atoms with Crippen LogP contribution in [0.3, 0.4) is 0 Å². The molecule has 0 saturated heterocycles. The number of halogens is 1. The van der Waals surface area contributed by atoms with Crippen LogP contribution in [0, 0.1) is 0 Å². The molecule has 2 rings (SSSR count). The summed E-state index contributed by atoms with van der Waals surface area (Å²) in [6.07, 6.45) is 2.19. The van der Waals surface area contributed by atoms with Crippen LogP contribution in [0.4, 0.5) is 0 Å². The summed E-state index contributed by atoms with van der Waals surface area (Å²) in [6.45, 7) is 2.14. The van der Waals surface area contributed by atoms with Crippen molar-refractivity contribution in [2.45, 2.75) is 6.92 Å². The van der Waals surface area contributed by atoms with Crippen molar-refractivity contribution in [3.8, 4) is 0 Å². The summed E-state index contributed by atoms with van der Waals surface area (Å²) in [7, 11) is 0. The van der Waals surface area contributed by atoms with Gasteiger partial charge in [0.1, 0.15) is 0 Å². The average Bonchev–Trinajstić information content (AvgIpc) is 1.86. The van der Waals surface area contributed by atoms with E-state index < -0.39 is 0 Å². The molecular weight excluding hydrogens is 188 g/mol. The maximum absolute atomic E-state index is 3.42. The molecule has 1 aliphatic carbocycles. The lowest BCUT2D eigenvalue weighted by Crippen LogP contribution is -1.94. The Hall–Kier alpha value is -0.560. The maximum Gasteiger partial charge on any atom is 0.0181 e. The van der Waals surface area contributed by atoms with E-state index in [4.69, 9.17) is 0 Å². The van der Waals surface area contributed by atoms with Crippen molar-refractivity contribution in [2.24, 2.45) is 0 Å². The molecule has 1 aromatic carbocycles. The van der Waals surface area contributed by atoms with Crippen LogP contribution in [0.2, 0.25) is 0 Å². The van der Waals surface area contributed by atoms with Crippen molar-refractivity contribution in [1.29, 1.82) is 0 Å². The zero-order chi connectivity index (χ0) is 7.14. The molecule has 0 bridgehead atoms. The summed E-state index contributed by atoms with van der Waals surface area (Å²) in [5.74, 6) is 0. The SMILES string of the molecule is CC1=Cc2cc(Br)ccc21. The lowest BCUT2D eigenvalue weighted by molar-refractivity contribution is 1.47. The molecule has 0 amide bonds. The Labute approximate surface area is 68.7 Å². The minimum Gasteiger partial charge on any atom is -0.0530 e. The Morgan fingerprint density at radius 3 is 2.70 bits per heavy atom. The topological polar surface area (TPSA) is 0 Å². The lowest BCUT2D eigenvalue weighted by atomic mass is 9.90. The number of allylic oxidation sites excluding steroid dienone is 1. The number of hydrogen-bond donors (Lipinski definition) is 0. The first-order valence-electron chi connectivity index (χ1n) is 3.25. The third-order valence-electron chi connectivity index (χ3n) is 1.81. The monoisotopic (exact) mass is 194 g/mol. The van der Waals surface area contributed by atoms with E-state index in [9.17, 15) is 0 Å². The van der Waals surface area contributed by atoms with E-state index in [2.05, 4.69) is 47.1 Å². The first-order chi connectivity index (χ1) is 4.77. The lowest BCUT2D eigenvalue weighted by Gasteiger charge is -2.15. The Kier molecular flexibility index (Phi) is 1.21. The highest BCUT2D eigenvalue weighted by molar-refractivity contribution is 9.10. The van der Waals surface area contributed by atoms with E-state index in [1.54, 1.807) is 0 Å². The van der Waals surface area contributed by atoms with Crippen LogP contribution in [0.15, 0.2) is 22.7 Å². The molecule has 50 valence electrons. The molecule has 0 radical (unpaired) electrons. The number of hydrogen-bond acceptors (Lipinski definition) is 0. The highest BCUT2D eigenvalue weighted by Crippen LogP contribution is 2.33. The third kappa shape index (κ3) is 0.739. The fourth-order valence-corrected chi connectivity index (χ4v) is 1.62. The predicted octanol–water partition coefficient (Wildman–Crippen LogP) is 3.32. The van der Waals surface area contributed by atoms with Crippen molar-refractivity contribution in [3.63, 3.8) is 0 Å². The quantitative estimate of drug-likeness (QED) is 0.595. The molecular formula is C9H7Br. The summed E-state index contributed by atoms with van der Waals surface area (Å²) < 4.78 is 1.16. The third-order valence-corrected chi connectivity index (χ3v) is 2.30. The normalized spacial score (nSPS) is 13.6. The Bertz CT molecular complexity index is 311. The van der Waals surface area contributed by atoms with Crippen LogP contribution >= 0.6 is 15.9 Å². The van der Waals surface area contributed by atoms with Gasteiger partial charge in [-0.05, 0) is 35.8 Å². The largest absolute Gasteiger partial charge is 0.0530 e. The van der Waals surface area contributed by atoms with Gasteiger partial charge in [-0.1, -0.05) is 28.1 Å². The Morgan fingerprint density at radius 1 is 1.30 bits per heavy atom. The zero-order valence-corrected chi connectivity index (χ0v) is 7.27. The molecule has 1 heteroatoms. The summed E-state index contributed by atoms with van der Waals surface area (Å²) in [5.41, 5.74) is 4.14. The van der Waals surface area contributed by atoms with Crippen LogP contribution in [0.1, 0.15) is 18.1 Å². The van der Waals surface area contributed by atoms with E-state index in [1.807, 2.05) is 0 Å². The average molecular weight is 195 g/mol. The fourth-order valence-electron chi connectivity index (χ4n) is 1.25. The van der Waals surface area contributed by atoms with Gasteiger partial charge >= 0.3 is 0 Å². The molecule has 0 heterocycles. The summed E-state index contributed by atoms with van der Waals surface area (Å²) in [6, 6.07) is 6.37. The van der Waals surface area contributed by atoms with E-state index in [0.29, 0.717) is 0 Å². The molecule has 10 heavy (non-hydrogen) atoms. The Balaban J connectivity index is 2.57. The second-order valence-electron chi connectivity index (χ2n) is 2.56. The second-order valence-corrected chi connectivity index (χ2v) is 3.47. The summed E-state index contributed by atoms with van der Waals surface area (Å²) >= 11 is 3.42. The maximum atomic E-state index is 3.42. The van der Waals surface area contributed by atoms with Crippen molar-refractivity contribution in [3.05, 3.63) is 33.8 Å². The van der Waals surface area contributed by atoms with Gasteiger partial charge in [0.05, 0.1) is 0 Å². The molecule has 0 unspecified atom stereocenters. The molecule has 0 N–H and O–H groups in total. The first-order valence-corrected chi connectivity index (χ1v) is 4.05. The second kappa shape index (κ2) is 1.96. The van der Waals surface area contributed by atoms with Gasteiger partial charge in [0.2, 0.25) is 0 Å². The highest BCUT2D eigenvalue weighted by Gasteiger charge is 2.10. The minimum absolute atomic E-state index is 1.16. The van der Waals surface area contributed by atoms with Crippen LogP contribution in [0.5, 0.6) is 0 Å². The zero-order valence-electron chi connectivity index (χ0n) is 5.69. The van der Waals surface area contributed by atoms with E-state index in [1.165, 1.54) is 16.7 Å². The Morgan fingerprint density at radius 2 is 2.10 bits per heavy atom. The molecule has 0 aromatic heterocycles. The van der Waals surface area contributed by atoms with Gasteiger partial charge < -0.3 is 0 Å². The smallest absolute Gasteiger partial charge is 0.0181 e. The van der Waals surface area contributed by atoms with Crippen LogP contribution in [0.25, 0.3) is 11.6 Å². The number of benzene rings is 1. The summed E-state index contributed by atoms with van der Waals surface area (Å²) in [5, 5.41) is 0. The van der Waals surface area contributed by atoms with Crippen molar-refractivity contribution in [1.82, 2.24) is 0 Å². The number of fused-ring (bicyclic) bond motifs is 1. The van der Waals surface area contributed by atoms with Gasteiger partial charge in [0.15, 0.2) is 0 Å². The van der Waals surface area contributed by atoms with Crippen LogP contribution in [-0.2, 0) is 0 Å². The molecule has 1 aliphatic rings. The van der Waals surface area contributed by atoms with Crippen LogP contribution < -0.4 is 0 Å². The van der Waals surface area contributed by atoms with Gasteiger partial charge in [-0.25, -0.2) is 0 Å². The summed E-state index contributed by atoms with van der Waals surface area (Å²) in [4.78, 5) is 0. The van der Waals surface area contributed by atoms with E-state index in [0.717, 1.165) is 4.47 Å². The fraction of sp³-hybridized carbons (Fsp3) is 0.111. The molecule has 0 spiro atoms. The molecule has 0 fully saturated rings. The van der Waals surface area contributed by atoms with E-state index >= 15 is 0 Å². The van der Waals surface area contributed by atoms with Gasteiger partial charge in [0.25, 0.3) is 0 Å². The van der Waals surface area contributed by atoms with E-state index in [-0.39, 0.29) is 0 Å². The van der Waals surface area contributed by atoms with Crippen LogP contribution in [-0.4, -0.2) is 0 Å². The first kappa shape index (κ1) is 6.17. The van der Waals surface area contributed by atoms with Crippen molar-refractivity contribution in [2.75, 3.05) is 0 Å². The highest BCUT2D eigenvalue weighted by atomic mass is 79.9. The molecule has 1 aromatic rings. The predicted molar refractivity (Wildman–Crippen MR) is 47.7 cm³/mol. The van der Waals surface area contributed by atoms with Gasteiger partial charge in [-0.3, -0.25) is 0 Å². The standard InChI is InChI=1S/C9H7Br/c1-6-4-7-5-8(10)2-3-9(6)7/h2-5H,1H3. The molecule has 0 aliphatic heterocycles. The van der Waals surface area contributed by atoms with Crippen molar-refractivity contribution < 1.29 is 0 Å². The minimum atomic E-state index is 1.16. The molecule has 0 atom stereocenters. The van der Waals surface area contributed by atoms with Gasteiger partial charge in [-0.15, -0.1) is 0 Å². The molecule has 0 nitrogen and oxygen atoms in total. The van der Waals surface area contributed by atoms with Crippen molar-refractivity contribution >= 4 is 27.6 Å². The number of rotatable bonds is 0. The molecule has 0 saturated carbocycles.